The molecule has 2 aromatic rings. The second-order valence-corrected chi connectivity index (χ2v) is 7.88. The second-order valence-electron chi connectivity index (χ2n) is 7.44. The molecule has 1 N–H and O–H groups in total. The Hall–Kier alpha value is -2.28. The highest BCUT2D eigenvalue weighted by Gasteiger charge is 2.23. The van der Waals surface area contributed by atoms with E-state index in [1.54, 1.807) is 0 Å². The van der Waals surface area contributed by atoms with Crippen molar-refractivity contribution in [2.75, 3.05) is 62.7 Å². The zero-order valence-electron chi connectivity index (χ0n) is 16.5. The summed E-state index contributed by atoms with van der Waals surface area (Å²) >= 11 is 6.21. The molecule has 0 unspecified atom stereocenters. The SMILES string of the molecule is O=C(Nc1cc(Cl)ccc1N1CCOCC1)N1CCN(Cc2ccccc2)CC1. The number of halogens is 1. The summed E-state index contributed by atoms with van der Waals surface area (Å²) in [6.07, 6.45) is 0. The first-order valence-corrected chi connectivity index (χ1v) is 10.5. The highest BCUT2D eigenvalue weighted by Crippen LogP contribution is 2.30. The molecule has 0 radical (unpaired) electrons. The molecule has 6 nitrogen and oxygen atoms in total. The summed E-state index contributed by atoms with van der Waals surface area (Å²) in [5.74, 6) is 0. The minimum absolute atomic E-state index is 0.0684. The van der Waals surface area contributed by atoms with Gasteiger partial charge in [0.1, 0.15) is 0 Å². The Morgan fingerprint density at radius 3 is 2.41 bits per heavy atom. The molecule has 7 heteroatoms. The molecular formula is C22H27ClN4O2. The predicted molar refractivity (Wildman–Crippen MR) is 117 cm³/mol. The van der Waals surface area contributed by atoms with Gasteiger partial charge in [-0.25, -0.2) is 4.79 Å². The summed E-state index contributed by atoms with van der Waals surface area (Å²) in [5.41, 5.74) is 3.06. The van der Waals surface area contributed by atoms with Gasteiger partial charge in [-0.05, 0) is 23.8 Å². The van der Waals surface area contributed by atoms with Crippen LogP contribution in [0.4, 0.5) is 16.2 Å². The van der Waals surface area contributed by atoms with E-state index in [2.05, 4.69) is 39.4 Å². The van der Waals surface area contributed by atoms with E-state index in [0.29, 0.717) is 31.3 Å². The molecule has 154 valence electrons. The van der Waals surface area contributed by atoms with E-state index in [1.807, 2.05) is 29.2 Å². The van der Waals surface area contributed by atoms with Gasteiger partial charge in [-0.1, -0.05) is 41.9 Å². The third kappa shape index (κ3) is 5.21. The number of carbonyl (C=O) groups excluding carboxylic acids is 1. The maximum absolute atomic E-state index is 12.9. The van der Waals surface area contributed by atoms with Crippen LogP contribution in [-0.4, -0.2) is 68.3 Å². The lowest BCUT2D eigenvalue weighted by Crippen LogP contribution is -2.49. The lowest BCUT2D eigenvalue weighted by atomic mass is 10.2. The quantitative estimate of drug-likeness (QED) is 0.831. The van der Waals surface area contributed by atoms with E-state index < -0.39 is 0 Å². The number of benzene rings is 2. The van der Waals surface area contributed by atoms with Crippen LogP contribution in [0.1, 0.15) is 5.56 Å². The standard InChI is InChI=1S/C22H27ClN4O2/c23-19-6-7-21(26-12-14-29-15-13-26)20(16-19)24-22(28)27-10-8-25(9-11-27)17-18-4-2-1-3-5-18/h1-7,16H,8-15,17H2,(H,24,28). The number of piperazine rings is 1. The molecule has 0 aliphatic carbocycles. The van der Waals surface area contributed by atoms with Crippen molar-refractivity contribution in [1.29, 1.82) is 0 Å². The number of carbonyl (C=O) groups is 1. The average Bonchev–Trinajstić information content (AvgIpc) is 2.76. The van der Waals surface area contributed by atoms with Crippen molar-refractivity contribution in [3.05, 3.63) is 59.1 Å². The number of ether oxygens (including phenoxy) is 1. The molecule has 29 heavy (non-hydrogen) atoms. The summed E-state index contributed by atoms with van der Waals surface area (Å²) in [6, 6.07) is 16.1. The summed E-state index contributed by atoms with van der Waals surface area (Å²) in [4.78, 5) is 19.4. The van der Waals surface area contributed by atoms with Crippen LogP contribution in [0.2, 0.25) is 5.02 Å². The van der Waals surface area contributed by atoms with Crippen molar-refractivity contribution in [3.63, 3.8) is 0 Å². The molecule has 2 aromatic carbocycles. The number of nitrogens with one attached hydrogen (secondary N) is 1. The lowest BCUT2D eigenvalue weighted by molar-refractivity contribution is 0.123. The maximum Gasteiger partial charge on any atom is 0.321 e. The second kappa shape index (κ2) is 9.48. The summed E-state index contributed by atoms with van der Waals surface area (Å²) < 4.78 is 5.45. The summed E-state index contributed by atoms with van der Waals surface area (Å²) in [5, 5.41) is 3.70. The fraction of sp³-hybridized carbons (Fsp3) is 0.409. The first-order valence-electron chi connectivity index (χ1n) is 10.1. The van der Waals surface area contributed by atoms with Gasteiger partial charge in [0.15, 0.2) is 0 Å². The molecule has 2 amide bonds. The first-order chi connectivity index (χ1) is 14.2. The molecule has 0 saturated carbocycles. The van der Waals surface area contributed by atoms with Gasteiger partial charge in [0.2, 0.25) is 0 Å². The number of morpholine rings is 1. The fourth-order valence-electron chi connectivity index (χ4n) is 3.83. The first kappa shape index (κ1) is 20.0. The molecule has 2 aliphatic heterocycles. The van der Waals surface area contributed by atoms with Crippen LogP contribution < -0.4 is 10.2 Å². The van der Waals surface area contributed by atoms with Crippen molar-refractivity contribution in [3.8, 4) is 0 Å². The number of hydrogen-bond donors (Lipinski definition) is 1. The molecular weight excluding hydrogens is 388 g/mol. The van der Waals surface area contributed by atoms with E-state index in [-0.39, 0.29) is 6.03 Å². The van der Waals surface area contributed by atoms with Crippen LogP contribution in [0.15, 0.2) is 48.5 Å². The Kier molecular flexibility index (Phi) is 6.54. The van der Waals surface area contributed by atoms with Gasteiger partial charge in [0.05, 0.1) is 24.6 Å². The van der Waals surface area contributed by atoms with Crippen LogP contribution in [0.25, 0.3) is 0 Å². The zero-order chi connectivity index (χ0) is 20.1. The van der Waals surface area contributed by atoms with Gasteiger partial charge >= 0.3 is 6.03 Å². The van der Waals surface area contributed by atoms with Crippen LogP contribution in [0.5, 0.6) is 0 Å². The Labute approximate surface area is 177 Å². The van der Waals surface area contributed by atoms with Crippen molar-refractivity contribution >= 4 is 29.0 Å². The zero-order valence-corrected chi connectivity index (χ0v) is 17.3. The topological polar surface area (TPSA) is 48.1 Å². The normalized spacial score (nSPS) is 18.0. The Bertz CT molecular complexity index is 819. The van der Waals surface area contributed by atoms with E-state index in [0.717, 1.165) is 44.1 Å². The van der Waals surface area contributed by atoms with E-state index in [9.17, 15) is 4.79 Å². The molecule has 0 spiro atoms. The van der Waals surface area contributed by atoms with Gasteiger partial charge < -0.3 is 19.9 Å². The van der Waals surface area contributed by atoms with Crippen LogP contribution in [-0.2, 0) is 11.3 Å². The average molecular weight is 415 g/mol. The molecule has 0 atom stereocenters. The number of anilines is 2. The number of nitrogens with zero attached hydrogens (tertiary/aromatic N) is 3. The van der Waals surface area contributed by atoms with Crippen molar-refractivity contribution < 1.29 is 9.53 Å². The van der Waals surface area contributed by atoms with E-state index >= 15 is 0 Å². The third-order valence-corrected chi connectivity index (χ3v) is 5.70. The molecule has 2 heterocycles. The highest BCUT2D eigenvalue weighted by molar-refractivity contribution is 6.31. The maximum atomic E-state index is 12.9. The summed E-state index contributed by atoms with van der Waals surface area (Å²) in [7, 11) is 0. The van der Waals surface area contributed by atoms with Gasteiger partial charge in [-0.2, -0.15) is 0 Å². The number of rotatable bonds is 4. The van der Waals surface area contributed by atoms with Crippen molar-refractivity contribution in [2.45, 2.75) is 6.54 Å². The van der Waals surface area contributed by atoms with Crippen molar-refractivity contribution in [2.24, 2.45) is 0 Å². The lowest BCUT2D eigenvalue weighted by Gasteiger charge is -2.35. The van der Waals surface area contributed by atoms with Gasteiger partial charge in [0.25, 0.3) is 0 Å². The largest absolute Gasteiger partial charge is 0.378 e. The Morgan fingerprint density at radius 2 is 1.69 bits per heavy atom. The molecule has 2 fully saturated rings. The molecule has 4 rings (SSSR count). The van der Waals surface area contributed by atoms with Crippen LogP contribution >= 0.6 is 11.6 Å². The number of hydrogen-bond acceptors (Lipinski definition) is 4. The Balaban J connectivity index is 1.36. The highest BCUT2D eigenvalue weighted by atomic mass is 35.5. The molecule has 0 bridgehead atoms. The van der Waals surface area contributed by atoms with E-state index in [1.165, 1.54) is 5.56 Å². The van der Waals surface area contributed by atoms with Gasteiger partial charge in [-0.15, -0.1) is 0 Å². The van der Waals surface area contributed by atoms with Gasteiger partial charge in [0, 0.05) is 50.8 Å². The fourth-order valence-corrected chi connectivity index (χ4v) is 4.01. The minimum atomic E-state index is -0.0684. The molecule has 0 aromatic heterocycles. The molecule has 2 saturated heterocycles. The number of urea groups is 1. The van der Waals surface area contributed by atoms with Crippen molar-refractivity contribution in [1.82, 2.24) is 9.80 Å². The molecule has 2 aliphatic rings. The Morgan fingerprint density at radius 1 is 0.966 bits per heavy atom. The summed E-state index contributed by atoms with van der Waals surface area (Å²) in [6.45, 7) is 7.09. The van der Waals surface area contributed by atoms with Crippen LogP contribution in [0, 0.1) is 0 Å². The van der Waals surface area contributed by atoms with Gasteiger partial charge in [-0.3, -0.25) is 4.90 Å². The minimum Gasteiger partial charge on any atom is -0.378 e. The van der Waals surface area contributed by atoms with E-state index in [4.69, 9.17) is 16.3 Å². The third-order valence-electron chi connectivity index (χ3n) is 5.46. The van der Waals surface area contributed by atoms with Crippen LogP contribution in [0.3, 0.4) is 0 Å². The predicted octanol–water partition coefficient (Wildman–Crippen LogP) is 3.53. The smallest absolute Gasteiger partial charge is 0.321 e. The number of amides is 2. The monoisotopic (exact) mass is 414 g/mol.